The zero-order valence-corrected chi connectivity index (χ0v) is 36.4. The summed E-state index contributed by atoms with van der Waals surface area (Å²) in [5.74, 6) is -1.74. The molecule has 314 valence electrons. The van der Waals surface area contributed by atoms with Crippen LogP contribution >= 0.6 is 22.7 Å². The van der Waals surface area contributed by atoms with E-state index < -0.39 is 11.9 Å². The normalized spacial score (nSPS) is 12.0. The SMILES string of the molecule is [C-]#[N+]C(=Cc1ccc(C(=Cc2ccc(N(c3ccc(C=C(c4ccccc4)c4ccc(C=C(C#N)C(=O)O)s4)cc3)c3ccc4cc(OC)ccc4c3)cc2)c2ccccc2)s1)C(=O)O. The van der Waals surface area contributed by atoms with Gasteiger partial charge in [-0.05, 0) is 141 Å². The van der Waals surface area contributed by atoms with Gasteiger partial charge < -0.3 is 19.8 Å². The van der Waals surface area contributed by atoms with E-state index in [-0.39, 0.29) is 11.3 Å². The van der Waals surface area contributed by atoms with E-state index in [4.69, 9.17) is 11.3 Å². The van der Waals surface area contributed by atoms with E-state index in [0.717, 1.165) is 76.7 Å². The average Bonchev–Trinajstić information content (AvgIpc) is 4.02. The van der Waals surface area contributed by atoms with Crippen LogP contribution in [0.15, 0.2) is 181 Å². The Labute approximate surface area is 384 Å². The second-order valence-corrected chi connectivity index (χ2v) is 16.8. The molecule has 0 radical (unpaired) electrons. The summed E-state index contributed by atoms with van der Waals surface area (Å²) in [6, 6.07) is 58.4. The van der Waals surface area contributed by atoms with Gasteiger partial charge in [0.25, 0.3) is 5.70 Å². The standard InChI is InChI=1S/C55H37N3O5S2/c1-57-51(55(61)62)34-48-26-28-53(65-48)50(39-11-7-4-8-12-39)30-37-15-21-44(22-16-37)58(45-23-17-41-32-46(63-2)24-18-40(41)31-45)43-19-13-36(14-20-43)29-49(38-9-5-3-6-10-38)52-27-25-47(64-52)33-42(35-56)54(59)60/h3-34H,2H3,(H,59,60)(H,61,62). The van der Waals surface area contributed by atoms with Crippen molar-refractivity contribution in [3.63, 3.8) is 0 Å². The third-order valence-electron chi connectivity index (χ3n) is 10.4. The largest absolute Gasteiger partial charge is 0.497 e. The second kappa shape index (κ2) is 19.7. The summed E-state index contributed by atoms with van der Waals surface area (Å²) < 4.78 is 5.50. The van der Waals surface area contributed by atoms with E-state index in [2.05, 4.69) is 94.7 Å². The molecule has 8 aromatic rings. The van der Waals surface area contributed by atoms with Crippen LogP contribution in [0.2, 0.25) is 0 Å². The molecule has 0 aliphatic carbocycles. The Bertz CT molecular complexity index is 3080. The first-order chi connectivity index (χ1) is 31.7. The fourth-order valence-electron chi connectivity index (χ4n) is 7.24. The third-order valence-corrected chi connectivity index (χ3v) is 12.6. The van der Waals surface area contributed by atoms with Crippen molar-refractivity contribution < 1.29 is 24.5 Å². The number of fused-ring (bicyclic) bond motifs is 1. The van der Waals surface area contributed by atoms with Crippen molar-refractivity contribution in [3.05, 3.63) is 234 Å². The molecular weight excluding hydrogens is 847 g/mol. The summed E-state index contributed by atoms with van der Waals surface area (Å²) in [7, 11) is 1.66. The molecule has 2 heterocycles. The number of ether oxygens (including phenoxy) is 1. The van der Waals surface area contributed by atoms with Crippen molar-refractivity contribution in [1.29, 1.82) is 5.26 Å². The van der Waals surface area contributed by atoms with Gasteiger partial charge in [-0.3, -0.25) is 4.79 Å². The first kappa shape index (κ1) is 43.1. The van der Waals surface area contributed by atoms with Crippen molar-refractivity contribution in [2.24, 2.45) is 0 Å². The molecule has 2 aromatic heterocycles. The lowest BCUT2D eigenvalue weighted by Crippen LogP contribution is -2.10. The quantitative estimate of drug-likeness (QED) is 0.0484. The summed E-state index contributed by atoms with van der Waals surface area (Å²) >= 11 is 2.84. The topological polar surface area (TPSA) is 115 Å². The lowest BCUT2D eigenvalue weighted by Gasteiger charge is -2.26. The zero-order chi connectivity index (χ0) is 45.3. The monoisotopic (exact) mass is 883 g/mol. The van der Waals surface area contributed by atoms with E-state index in [9.17, 15) is 25.1 Å². The van der Waals surface area contributed by atoms with Crippen molar-refractivity contribution in [1.82, 2.24) is 0 Å². The number of carbonyl (C=O) groups is 2. The van der Waals surface area contributed by atoms with Gasteiger partial charge >= 0.3 is 11.9 Å². The number of benzene rings is 6. The number of rotatable bonds is 14. The molecule has 8 rings (SSSR count). The summed E-state index contributed by atoms with van der Waals surface area (Å²) in [6.45, 7) is 7.28. The number of anilines is 3. The summed E-state index contributed by atoms with van der Waals surface area (Å²) in [6.07, 6.45) is 7.03. The van der Waals surface area contributed by atoms with Gasteiger partial charge in [0, 0.05) is 36.6 Å². The van der Waals surface area contributed by atoms with Crippen molar-refractivity contribution in [2.75, 3.05) is 12.0 Å². The van der Waals surface area contributed by atoms with Crippen LogP contribution < -0.4 is 9.64 Å². The number of nitriles is 1. The van der Waals surface area contributed by atoms with Crippen molar-refractivity contribution >= 4 is 97.9 Å². The van der Waals surface area contributed by atoms with Crippen LogP contribution in [0.1, 0.15) is 41.8 Å². The Morgan fingerprint density at radius 1 is 0.600 bits per heavy atom. The highest BCUT2D eigenvalue weighted by Gasteiger charge is 2.17. The number of carboxylic acid groups (broad SMARTS) is 2. The maximum Gasteiger partial charge on any atom is 0.346 e. The van der Waals surface area contributed by atoms with Crippen LogP contribution in [0.25, 0.3) is 51.1 Å². The fourth-order valence-corrected chi connectivity index (χ4v) is 9.21. The van der Waals surface area contributed by atoms with E-state index in [1.54, 1.807) is 13.2 Å². The Hall–Kier alpha value is -8.54. The van der Waals surface area contributed by atoms with Gasteiger partial charge in [0.1, 0.15) is 17.4 Å². The van der Waals surface area contributed by atoms with Crippen LogP contribution in [0.3, 0.4) is 0 Å². The molecule has 0 spiro atoms. The van der Waals surface area contributed by atoms with E-state index in [0.29, 0.717) is 9.75 Å². The van der Waals surface area contributed by atoms with Gasteiger partial charge in [-0.1, -0.05) is 97.1 Å². The Balaban J connectivity index is 1.18. The van der Waals surface area contributed by atoms with Crippen molar-refractivity contribution in [2.45, 2.75) is 0 Å². The Morgan fingerprint density at radius 2 is 1.09 bits per heavy atom. The van der Waals surface area contributed by atoms with Gasteiger partial charge in [-0.25, -0.2) is 9.64 Å². The van der Waals surface area contributed by atoms with Crippen LogP contribution in [-0.4, -0.2) is 29.3 Å². The van der Waals surface area contributed by atoms with Gasteiger partial charge in [-0.15, -0.1) is 22.7 Å². The minimum atomic E-state index is -1.26. The average molecular weight is 884 g/mol. The number of carboxylic acids is 2. The van der Waals surface area contributed by atoms with Crippen LogP contribution in [0.5, 0.6) is 5.75 Å². The smallest absolute Gasteiger partial charge is 0.346 e. The van der Waals surface area contributed by atoms with E-state index in [1.807, 2.05) is 97.1 Å². The molecule has 0 aliphatic heterocycles. The van der Waals surface area contributed by atoms with E-state index in [1.165, 1.54) is 34.8 Å². The Morgan fingerprint density at radius 3 is 1.57 bits per heavy atom. The number of methoxy groups -OCH3 is 1. The maximum atomic E-state index is 11.6. The minimum absolute atomic E-state index is 0.323. The molecule has 0 atom stereocenters. The fraction of sp³-hybridized carbons (Fsp3) is 0.0182. The molecule has 8 nitrogen and oxygen atoms in total. The molecule has 0 fully saturated rings. The van der Waals surface area contributed by atoms with Gasteiger partial charge in [0.15, 0.2) is 0 Å². The first-order valence-corrected chi connectivity index (χ1v) is 21.8. The number of nitrogens with zero attached hydrogens (tertiary/aromatic N) is 3. The zero-order valence-electron chi connectivity index (χ0n) is 34.8. The van der Waals surface area contributed by atoms with Crippen molar-refractivity contribution in [3.8, 4) is 11.8 Å². The number of thiophene rings is 2. The Kier molecular flexibility index (Phi) is 13.0. The van der Waals surface area contributed by atoms with Gasteiger partial charge in [-0.2, -0.15) is 5.26 Å². The van der Waals surface area contributed by atoms with Crippen LogP contribution in [0.4, 0.5) is 17.1 Å². The molecule has 0 bridgehead atoms. The predicted molar refractivity (Wildman–Crippen MR) is 264 cm³/mol. The lowest BCUT2D eigenvalue weighted by molar-refractivity contribution is -0.133. The molecule has 0 amide bonds. The highest BCUT2D eigenvalue weighted by molar-refractivity contribution is 7.14. The second-order valence-electron chi connectivity index (χ2n) is 14.6. The van der Waals surface area contributed by atoms with Gasteiger partial charge in [0.2, 0.25) is 0 Å². The lowest BCUT2D eigenvalue weighted by atomic mass is 10.0. The molecule has 0 aliphatic rings. The number of hydrogen-bond acceptors (Lipinski definition) is 7. The molecule has 2 N–H and O–H groups in total. The molecule has 0 unspecified atom stereocenters. The highest BCUT2D eigenvalue weighted by atomic mass is 32.1. The molecule has 6 aromatic carbocycles. The molecule has 10 heteroatoms. The molecule has 0 saturated carbocycles. The van der Waals surface area contributed by atoms with Crippen LogP contribution in [-0.2, 0) is 9.59 Å². The minimum Gasteiger partial charge on any atom is -0.497 e. The van der Waals surface area contributed by atoms with E-state index >= 15 is 0 Å². The molecule has 0 saturated heterocycles. The number of aliphatic carboxylic acids is 2. The summed E-state index contributed by atoms with van der Waals surface area (Å²) in [5, 5.41) is 30.3. The summed E-state index contributed by atoms with van der Waals surface area (Å²) in [4.78, 5) is 31.7. The molecular formula is C55H37N3O5S2. The maximum absolute atomic E-state index is 11.6. The first-order valence-electron chi connectivity index (χ1n) is 20.2. The third kappa shape index (κ3) is 10.1. The highest BCUT2D eigenvalue weighted by Crippen LogP contribution is 2.39. The summed E-state index contributed by atoms with van der Waals surface area (Å²) in [5.41, 5.74) is 8.01. The molecule has 65 heavy (non-hydrogen) atoms. The number of hydrogen-bond donors (Lipinski definition) is 2. The predicted octanol–water partition coefficient (Wildman–Crippen LogP) is 14.0. The van der Waals surface area contributed by atoms with Crippen LogP contribution in [0, 0.1) is 17.9 Å². The van der Waals surface area contributed by atoms with Gasteiger partial charge in [0.05, 0.1) is 13.7 Å².